The number of rotatable bonds is 2. The van der Waals surface area contributed by atoms with Gasteiger partial charge in [-0.1, -0.05) is 32.9 Å². The first-order chi connectivity index (χ1) is 11.0. The van der Waals surface area contributed by atoms with E-state index in [9.17, 15) is 4.79 Å². The Balaban J connectivity index is 1.99. The number of ether oxygens (including phenoxy) is 2. The molecule has 1 atom stereocenters. The maximum atomic E-state index is 12.2. The van der Waals surface area contributed by atoms with Crippen molar-refractivity contribution >= 4 is 6.09 Å². The average Bonchev–Trinajstić information content (AvgIpc) is 2.45. The van der Waals surface area contributed by atoms with E-state index in [1.165, 1.54) is 5.56 Å². The number of benzene rings is 1. The summed E-state index contributed by atoms with van der Waals surface area (Å²) in [6.07, 6.45) is 1.66. The lowest BCUT2D eigenvalue weighted by Crippen LogP contribution is -2.46. The van der Waals surface area contributed by atoms with Crippen LogP contribution in [-0.4, -0.2) is 35.8 Å². The number of nitrogens with zero attached hydrogens (tertiary/aromatic N) is 1. The SMILES string of the molecule is CC(C)(C)OC(=O)N1CCCC(Oc2cccc(C(C)(C)C)c2)C1. The molecule has 4 nitrogen and oxygen atoms in total. The second kappa shape index (κ2) is 7.04. The molecule has 1 aliphatic rings. The molecule has 0 aromatic heterocycles. The normalized spacial score (nSPS) is 19.1. The second-order valence-electron chi connectivity index (χ2n) is 8.59. The van der Waals surface area contributed by atoms with Crippen molar-refractivity contribution in [3.63, 3.8) is 0 Å². The van der Waals surface area contributed by atoms with Crippen LogP contribution in [0, 0.1) is 0 Å². The maximum absolute atomic E-state index is 12.2. The number of piperidine rings is 1. The number of carbonyl (C=O) groups is 1. The summed E-state index contributed by atoms with van der Waals surface area (Å²) in [6, 6.07) is 8.25. The van der Waals surface area contributed by atoms with Gasteiger partial charge in [0.15, 0.2) is 0 Å². The minimum Gasteiger partial charge on any atom is -0.489 e. The summed E-state index contributed by atoms with van der Waals surface area (Å²) in [5.41, 5.74) is 0.875. The van der Waals surface area contributed by atoms with Crippen molar-refractivity contribution in [2.75, 3.05) is 13.1 Å². The molecule has 0 saturated carbocycles. The van der Waals surface area contributed by atoms with Gasteiger partial charge in [0.25, 0.3) is 0 Å². The van der Waals surface area contributed by atoms with Crippen molar-refractivity contribution in [2.45, 2.75) is 71.5 Å². The molecule has 0 spiro atoms. The highest BCUT2D eigenvalue weighted by Crippen LogP contribution is 2.27. The van der Waals surface area contributed by atoms with E-state index in [1.54, 1.807) is 4.90 Å². The van der Waals surface area contributed by atoms with Crippen molar-refractivity contribution in [1.29, 1.82) is 0 Å². The summed E-state index contributed by atoms with van der Waals surface area (Å²) in [5, 5.41) is 0. The monoisotopic (exact) mass is 333 g/mol. The summed E-state index contributed by atoms with van der Waals surface area (Å²) in [7, 11) is 0. The van der Waals surface area contributed by atoms with E-state index in [2.05, 4.69) is 32.9 Å². The van der Waals surface area contributed by atoms with E-state index in [-0.39, 0.29) is 17.6 Å². The first-order valence-electron chi connectivity index (χ1n) is 8.80. The molecule has 1 aromatic carbocycles. The average molecular weight is 333 g/mol. The Morgan fingerprint density at radius 2 is 1.88 bits per heavy atom. The topological polar surface area (TPSA) is 38.8 Å². The fraction of sp³-hybridized carbons (Fsp3) is 0.650. The molecule has 0 radical (unpaired) electrons. The Kier molecular flexibility index (Phi) is 5.46. The highest BCUT2D eigenvalue weighted by molar-refractivity contribution is 5.68. The maximum Gasteiger partial charge on any atom is 0.410 e. The zero-order chi connectivity index (χ0) is 18.0. The van der Waals surface area contributed by atoms with E-state index < -0.39 is 5.60 Å². The van der Waals surface area contributed by atoms with E-state index >= 15 is 0 Å². The fourth-order valence-corrected chi connectivity index (χ4v) is 2.76. The third-order valence-electron chi connectivity index (χ3n) is 4.03. The highest BCUT2D eigenvalue weighted by Gasteiger charge is 2.28. The summed E-state index contributed by atoms with van der Waals surface area (Å²) >= 11 is 0. The summed E-state index contributed by atoms with van der Waals surface area (Å²) in [5.74, 6) is 0.874. The zero-order valence-electron chi connectivity index (χ0n) is 15.9. The minimum atomic E-state index is -0.466. The van der Waals surface area contributed by atoms with Crippen LogP contribution in [0.3, 0.4) is 0 Å². The predicted molar refractivity (Wildman–Crippen MR) is 96.6 cm³/mol. The minimum absolute atomic E-state index is 0.0153. The number of amides is 1. The van der Waals surface area contributed by atoms with Crippen LogP contribution in [0.1, 0.15) is 59.9 Å². The molecule has 1 aliphatic heterocycles. The van der Waals surface area contributed by atoms with Crippen molar-refractivity contribution in [3.8, 4) is 5.75 Å². The predicted octanol–water partition coefficient (Wildman–Crippen LogP) is 4.76. The number of hydrogen-bond acceptors (Lipinski definition) is 3. The van der Waals surface area contributed by atoms with Crippen LogP contribution in [0.5, 0.6) is 5.75 Å². The zero-order valence-corrected chi connectivity index (χ0v) is 15.9. The van der Waals surface area contributed by atoms with Gasteiger partial charge in [-0.15, -0.1) is 0 Å². The molecular weight excluding hydrogens is 302 g/mol. The number of hydrogen-bond donors (Lipinski definition) is 0. The molecule has 1 amide bonds. The van der Waals surface area contributed by atoms with Crippen molar-refractivity contribution in [1.82, 2.24) is 4.90 Å². The molecule has 1 unspecified atom stereocenters. The van der Waals surface area contributed by atoms with Gasteiger partial charge in [-0.3, -0.25) is 0 Å². The van der Waals surface area contributed by atoms with Crippen LogP contribution in [0.2, 0.25) is 0 Å². The Morgan fingerprint density at radius 3 is 2.50 bits per heavy atom. The van der Waals surface area contributed by atoms with Crippen LogP contribution in [0.25, 0.3) is 0 Å². The molecule has 1 fully saturated rings. The number of likely N-dealkylation sites (tertiary alicyclic amines) is 1. The van der Waals surface area contributed by atoms with Crippen molar-refractivity contribution in [2.24, 2.45) is 0 Å². The van der Waals surface area contributed by atoms with Gasteiger partial charge in [-0.25, -0.2) is 4.79 Å². The molecule has 4 heteroatoms. The van der Waals surface area contributed by atoms with Gasteiger partial charge in [0.05, 0.1) is 6.54 Å². The summed E-state index contributed by atoms with van der Waals surface area (Å²) in [4.78, 5) is 14.0. The first kappa shape index (κ1) is 18.6. The summed E-state index contributed by atoms with van der Waals surface area (Å²) < 4.78 is 11.6. The van der Waals surface area contributed by atoms with Crippen LogP contribution in [0.15, 0.2) is 24.3 Å². The van der Waals surface area contributed by atoms with Gasteiger partial charge in [-0.2, -0.15) is 0 Å². The summed E-state index contributed by atoms with van der Waals surface area (Å²) in [6.45, 7) is 13.6. The Labute approximate surface area is 146 Å². The van der Waals surface area contributed by atoms with Gasteiger partial charge in [-0.05, 0) is 56.7 Å². The molecule has 0 N–H and O–H groups in total. The lowest BCUT2D eigenvalue weighted by molar-refractivity contribution is 0.00775. The smallest absolute Gasteiger partial charge is 0.410 e. The van der Waals surface area contributed by atoms with Gasteiger partial charge in [0, 0.05) is 6.54 Å². The molecule has 1 saturated heterocycles. The van der Waals surface area contributed by atoms with Crippen molar-refractivity contribution in [3.05, 3.63) is 29.8 Å². The van der Waals surface area contributed by atoms with Crippen LogP contribution in [0.4, 0.5) is 4.79 Å². The Hall–Kier alpha value is -1.71. The molecule has 0 bridgehead atoms. The van der Waals surface area contributed by atoms with Crippen LogP contribution < -0.4 is 4.74 Å². The molecule has 1 heterocycles. The lowest BCUT2D eigenvalue weighted by atomic mass is 9.87. The number of carbonyl (C=O) groups excluding carboxylic acids is 1. The Morgan fingerprint density at radius 1 is 1.17 bits per heavy atom. The lowest BCUT2D eigenvalue weighted by Gasteiger charge is -2.34. The van der Waals surface area contributed by atoms with E-state index in [0.29, 0.717) is 6.54 Å². The van der Waals surface area contributed by atoms with Gasteiger partial charge >= 0.3 is 6.09 Å². The molecule has 134 valence electrons. The fourth-order valence-electron chi connectivity index (χ4n) is 2.76. The van der Waals surface area contributed by atoms with Crippen LogP contribution in [-0.2, 0) is 10.2 Å². The third-order valence-corrected chi connectivity index (χ3v) is 4.03. The van der Waals surface area contributed by atoms with Gasteiger partial charge in [0.2, 0.25) is 0 Å². The van der Waals surface area contributed by atoms with E-state index in [0.717, 1.165) is 25.1 Å². The van der Waals surface area contributed by atoms with Gasteiger partial charge in [0.1, 0.15) is 17.5 Å². The van der Waals surface area contributed by atoms with E-state index in [4.69, 9.17) is 9.47 Å². The second-order valence-corrected chi connectivity index (χ2v) is 8.59. The molecular formula is C20H31NO3. The first-order valence-corrected chi connectivity index (χ1v) is 8.80. The Bertz CT molecular complexity index is 569. The molecule has 24 heavy (non-hydrogen) atoms. The standard InChI is InChI=1S/C20H31NO3/c1-19(2,3)15-9-7-10-16(13-15)23-17-11-8-12-21(14-17)18(22)24-20(4,5)6/h7,9-10,13,17H,8,11-12,14H2,1-6H3. The largest absolute Gasteiger partial charge is 0.489 e. The van der Waals surface area contributed by atoms with E-state index in [1.807, 2.05) is 32.9 Å². The van der Waals surface area contributed by atoms with Crippen LogP contribution >= 0.6 is 0 Å². The van der Waals surface area contributed by atoms with Gasteiger partial charge < -0.3 is 14.4 Å². The third kappa shape index (κ3) is 5.43. The van der Waals surface area contributed by atoms with Crippen molar-refractivity contribution < 1.29 is 14.3 Å². The highest BCUT2D eigenvalue weighted by atomic mass is 16.6. The molecule has 0 aliphatic carbocycles. The molecule has 1 aromatic rings. The molecule has 2 rings (SSSR count). The quantitative estimate of drug-likeness (QED) is 0.783.